The van der Waals surface area contributed by atoms with Crippen molar-refractivity contribution in [2.75, 3.05) is 18.6 Å². The zero-order valence-corrected chi connectivity index (χ0v) is 9.05. The number of hydrogen-bond donors (Lipinski definition) is 1. The summed E-state index contributed by atoms with van der Waals surface area (Å²) >= 11 is 1.48. The molecule has 1 N–H and O–H groups in total. The third kappa shape index (κ3) is 2.90. The van der Waals surface area contributed by atoms with Gasteiger partial charge in [0.05, 0.1) is 12.2 Å². The summed E-state index contributed by atoms with van der Waals surface area (Å²) in [6.07, 6.45) is 3.71. The highest BCUT2D eigenvalue weighted by Gasteiger charge is 2.29. The fourth-order valence-electron chi connectivity index (χ4n) is 1.78. The number of rotatable bonds is 4. The van der Waals surface area contributed by atoms with E-state index in [1.165, 1.54) is 11.8 Å². The summed E-state index contributed by atoms with van der Waals surface area (Å²) in [4.78, 5) is 23.8. The fraction of sp³-hybridized carbons (Fsp3) is 0.778. The summed E-state index contributed by atoms with van der Waals surface area (Å²) in [5.41, 5.74) is 0. The third-order valence-corrected chi connectivity index (χ3v) is 2.91. The van der Waals surface area contributed by atoms with Gasteiger partial charge in [0, 0.05) is 12.6 Å². The number of carbonyl (C=O) groups excluding carboxylic acids is 1. The summed E-state index contributed by atoms with van der Waals surface area (Å²) in [5.74, 6) is -0.295. The molecule has 0 aliphatic carbocycles. The lowest BCUT2D eigenvalue weighted by Gasteiger charge is -2.22. The van der Waals surface area contributed by atoms with Crippen molar-refractivity contribution in [1.29, 1.82) is 0 Å². The largest absolute Gasteiger partial charge is 0.481 e. The molecule has 5 heteroatoms. The van der Waals surface area contributed by atoms with Gasteiger partial charge in [-0.05, 0) is 19.1 Å². The zero-order chi connectivity index (χ0) is 10.6. The summed E-state index contributed by atoms with van der Waals surface area (Å²) in [7, 11) is 0. The van der Waals surface area contributed by atoms with Gasteiger partial charge in [0.25, 0.3) is 0 Å². The van der Waals surface area contributed by atoms with Crippen LogP contribution in [-0.4, -0.2) is 46.5 Å². The number of aliphatic carboxylic acids is 1. The summed E-state index contributed by atoms with van der Waals surface area (Å²) < 4.78 is 0. The number of thioether (sulfide) groups is 1. The van der Waals surface area contributed by atoms with Gasteiger partial charge in [-0.25, -0.2) is 0 Å². The van der Waals surface area contributed by atoms with Gasteiger partial charge < -0.3 is 10.0 Å². The van der Waals surface area contributed by atoms with Gasteiger partial charge in [0.1, 0.15) is 0 Å². The van der Waals surface area contributed by atoms with Gasteiger partial charge in [-0.2, -0.15) is 11.8 Å². The van der Waals surface area contributed by atoms with Crippen molar-refractivity contribution in [3.05, 3.63) is 0 Å². The molecule has 14 heavy (non-hydrogen) atoms. The molecule has 1 aliphatic rings. The van der Waals surface area contributed by atoms with Crippen LogP contribution < -0.4 is 0 Å². The van der Waals surface area contributed by atoms with Gasteiger partial charge in [-0.3, -0.25) is 9.59 Å². The molecule has 1 unspecified atom stereocenters. The molecule has 0 radical (unpaired) electrons. The second kappa shape index (κ2) is 5.24. The molecular formula is C9H15NO3S. The van der Waals surface area contributed by atoms with Crippen molar-refractivity contribution < 1.29 is 14.7 Å². The Morgan fingerprint density at radius 2 is 2.29 bits per heavy atom. The first-order valence-corrected chi connectivity index (χ1v) is 6.04. The number of hydrogen-bond acceptors (Lipinski definition) is 3. The standard InChI is InChI=1S/C9H15NO3S/c1-14-6-8(11)10-4-2-3-7(10)5-9(12)13/h7H,2-6H2,1H3,(H,12,13). The first kappa shape index (κ1) is 11.4. The molecule has 1 aliphatic heterocycles. The van der Waals surface area contributed by atoms with Crippen LogP contribution in [0, 0.1) is 0 Å². The minimum absolute atomic E-state index is 0.0706. The quantitative estimate of drug-likeness (QED) is 0.757. The first-order valence-electron chi connectivity index (χ1n) is 4.65. The van der Waals surface area contributed by atoms with Crippen LogP contribution in [0.1, 0.15) is 19.3 Å². The number of likely N-dealkylation sites (tertiary alicyclic amines) is 1. The predicted octanol–water partition coefficient (Wildman–Crippen LogP) is 0.815. The van der Waals surface area contributed by atoms with Crippen molar-refractivity contribution >= 4 is 23.6 Å². The molecule has 1 fully saturated rings. The molecule has 4 nitrogen and oxygen atoms in total. The first-order chi connectivity index (χ1) is 6.65. The summed E-state index contributed by atoms with van der Waals surface area (Å²) in [6.45, 7) is 0.720. The zero-order valence-electron chi connectivity index (χ0n) is 8.23. The van der Waals surface area contributed by atoms with E-state index in [1.807, 2.05) is 6.26 Å². The lowest BCUT2D eigenvalue weighted by molar-refractivity contribution is -0.139. The molecule has 80 valence electrons. The van der Waals surface area contributed by atoms with Gasteiger partial charge in [0.15, 0.2) is 0 Å². The van der Waals surface area contributed by atoms with Crippen LogP contribution in [0.4, 0.5) is 0 Å². The maximum Gasteiger partial charge on any atom is 0.305 e. The molecule has 1 amide bonds. The van der Waals surface area contributed by atoms with Gasteiger partial charge in [-0.15, -0.1) is 0 Å². The monoisotopic (exact) mass is 217 g/mol. The number of carboxylic acid groups (broad SMARTS) is 1. The highest BCUT2D eigenvalue weighted by Crippen LogP contribution is 2.20. The Morgan fingerprint density at radius 1 is 1.57 bits per heavy atom. The highest BCUT2D eigenvalue weighted by molar-refractivity contribution is 7.99. The molecule has 0 saturated carbocycles. The Hall–Kier alpha value is -0.710. The topological polar surface area (TPSA) is 57.6 Å². The maximum absolute atomic E-state index is 11.5. The highest BCUT2D eigenvalue weighted by atomic mass is 32.2. The minimum Gasteiger partial charge on any atom is -0.481 e. The van der Waals surface area contributed by atoms with Crippen LogP contribution in [0.2, 0.25) is 0 Å². The molecule has 0 aromatic carbocycles. The Labute approximate surface area is 87.7 Å². The summed E-state index contributed by atoms with van der Waals surface area (Å²) in [5, 5.41) is 8.66. The fourth-order valence-corrected chi connectivity index (χ4v) is 2.20. The van der Waals surface area contributed by atoms with Crippen LogP contribution in [0.3, 0.4) is 0 Å². The van der Waals surface area contributed by atoms with Crippen molar-refractivity contribution in [1.82, 2.24) is 4.90 Å². The van der Waals surface area contributed by atoms with E-state index in [9.17, 15) is 9.59 Å². The SMILES string of the molecule is CSCC(=O)N1CCCC1CC(=O)O. The molecule has 1 rings (SSSR count). The maximum atomic E-state index is 11.5. The second-order valence-corrected chi connectivity index (χ2v) is 4.28. The van der Waals surface area contributed by atoms with Crippen molar-refractivity contribution in [2.24, 2.45) is 0 Å². The van der Waals surface area contributed by atoms with Gasteiger partial charge in [-0.1, -0.05) is 0 Å². The Bertz CT molecular complexity index is 232. The van der Waals surface area contributed by atoms with Crippen LogP contribution in [0.5, 0.6) is 0 Å². The van der Waals surface area contributed by atoms with E-state index in [0.29, 0.717) is 5.75 Å². The van der Waals surface area contributed by atoms with Crippen LogP contribution in [-0.2, 0) is 9.59 Å². The molecule has 0 aromatic heterocycles. The molecule has 0 spiro atoms. The van der Waals surface area contributed by atoms with Crippen molar-refractivity contribution in [3.63, 3.8) is 0 Å². The Morgan fingerprint density at radius 3 is 2.86 bits per heavy atom. The van der Waals surface area contributed by atoms with Crippen LogP contribution in [0.25, 0.3) is 0 Å². The van der Waals surface area contributed by atoms with E-state index in [2.05, 4.69) is 0 Å². The van der Waals surface area contributed by atoms with Gasteiger partial charge >= 0.3 is 5.97 Å². The number of carboxylic acids is 1. The van der Waals surface area contributed by atoms with Crippen LogP contribution >= 0.6 is 11.8 Å². The van der Waals surface area contributed by atoms with E-state index in [-0.39, 0.29) is 18.4 Å². The lowest BCUT2D eigenvalue weighted by Crippen LogP contribution is -2.37. The number of amides is 1. The lowest BCUT2D eigenvalue weighted by atomic mass is 10.1. The smallest absolute Gasteiger partial charge is 0.305 e. The molecule has 1 atom stereocenters. The van der Waals surface area contributed by atoms with Crippen molar-refractivity contribution in [3.8, 4) is 0 Å². The third-order valence-electron chi connectivity index (χ3n) is 2.38. The van der Waals surface area contributed by atoms with E-state index in [1.54, 1.807) is 4.90 Å². The minimum atomic E-state index is -0.821. The van der Waals surface area contributed by atoms with E-state index < -0.39 is 5.97 Å². The number of nitrogens with zero attached hydrogens (tertiary/aromatic N) is 1. The second-order valence-electron chi connectivity index (χ2n) is 3.41. The normalized spacial score (nSPS) is 21.2. The average molecular weight is 217 g/mol. The molecule has 0 bridgehead atoms. The number of carbonyl (C=O) groups is 2. The molecule has 1 saturated heterocycles. The summed E-state index contributed by atoms with van der Waals surface area (Å²) in [6, 6.07) is -0.0767. The van der Waals surface area contributed by atoms with Crippen molar-refractivity contribution in [2.45, 2.75) is 25.3 Å². The average Bonchev–Trinajstić information content (AvgIpc) is 2.51. The molecular weight excluding hydrogens is 202 g/mol. The van der Waals surface area contributed by atoms with Gasteiger partial charge in [0.2, 0.25) is 5.91 Å². The Kier molecular flexibility index (Phi) is 4.25. The van der Waals surface area contributed by atoms with E-state index in [0.717, 1.165) is 19.4 Å². The predicted molar refractivity (Wildman–Crippen MR) is 55.4 cm³/mol. The molecule has 0 aromatic rings. The van der Waals surface area contributed by atoms with E-state index in [4.69, 9.17) is 5.11 Å². The van der Waals surface area contributed by atoms with E-state index >= 15 is 0 Å². The molecule has 1 heterocycles. The van der Waals surface area contributed by atoms with Crippen LogP contribution in [0.15, 0.2) is 0 Å². The Balaban J connectivity index is 2.50.